The molecular formula is C21H22N2O3S. The number of rotatable bonds is 5. The number of pyridine rings is 1. The Kier molecular flexibility index (Phi) is 5.19. The fourth-order valence-corrected chi connectivity index (χ4v) is 4.06. The van der Waals surface area contributed by atoms with E-state index >= 15 is 0 Å². The lowest BCUT2D eigenvalue weighted by molar-refractivity contribution is 0.408. The molecule has 0 radical (unpaired) electrons. The molecule has 0 amide bonds. The molecule has 5 nitrogen and oxygen atoms in total. The molecule has 0 saturated heterocycles. The van der Waals surface area contributed by atoms with E-state index in [1.807, 2.05) is 39.0 Å². The summed E-state index contributed by atoms with van der Waals surface area (Å²) in [5.41, 5.74) is 4.78. The smallest absolute Gasteiger partial charge is 0.263 e. The Morgan fingerprint density at radius 2 is 1.52 bits per heavy atom. The largest absolute Gasteiger partial charge is 0.496 e. The van der Waals surface area contributed by atoms with Crippen LogP contribution >= 0.6 is 0 Å². The molecule has 0 spiro atoms. The minimum atomic E-state index is -3.69. The van der Waals surface area contributed by atoms with Crippen LogP contribution in [0.2, 0.25) is 0 Å². The molecule has 0 unspecified atom stereocenters. The Labute approximate surface area is 160 Å². The van der Waals surface area contributed by atoms with E-state index in [9.17, 15) is 8.42 Å². The quantitative estimate of drug-likeness (QED) is 0.706. The predicted octanol–water partition coefficient (Wildman–Crippen LogP) is 4.48. The summed E-state index contributed by atoms with van der Waals surface area (Å²) in [6, 6.07) is 16.1. The third-order valence-electron chi connectivity index (χ3n) is 4.29. The van der Waals surface area contributed by atoms with Gasteiger partial charge in [0.15, 0.2) is 0 Å². The van der Waals surface area contributed by atoms with E-state index in [-0.39, 0.29) is 4.90 Å². The van der Waals surface area contributed by atoms with Crippen LogP contribution in [0.3, 0.4) is 0 Å². The summed E-state index contributed by atoms with van der Waals surface area (Å²) in [7, 11) is -2.03. The van der Waals surface area contributed by atoms with Gasteiger partial charge in [0, 0.05) is 5.69 Å². The summed E-state index contributed by atoms with van der Waals surface area (Å²) in [5.74, 6) is 1.17. The normalized spacial score (nSPS) is 11.3. The molecule has 1 aromatic heterocycles. The van der Waals surface area contributed by atoms with Crippen LogP contribution in [0.15, 0.2) is 59.5 Å². The van der Waals surface area contributed by atoms with Crippen LogP contribution in [0.1, 0.15) is 16.8 Å². The van der Waals surface area contributed by atoms with Crippen molar-refractivity contribution >= 4 is 15.8 Å². The van der Waals surface area contributed by atoms with Gasteiger partial charge in [-0.1, -0.05) is 18.2 Å². The molecule has 1 N–H and O–H groups in total. The van der Waals surface area contributed by atoms with Crippen LogP contribution in [0.4, 0.5) is 5.82 Å². The van der Waals surface area contributed by atoms with Crippen LogP contribution in [0, 0.1) is 20.8 Å². The number of anilines is 1. The second kappa shape index (κ2) is 7.40. The van der Waals surface area contributed by atoms with Gasteiger partial charge in [0.1, 0.15) is 11.6 Å². The lowest BCUT2D eigenvalue weighted by Gasteiger charge is -2.12. The van der Waals surface area contributed by atoms with Crippen molar-refractivity contribution < 1.29 is 13.2 Å². The van der Waals surface area contributed by atoms with Crippen LogP contribution in [-0.4, -0.2) is 20.5 Å². The van der Waals surface area contributed by atoms with Gasteiger partial charge in [-0.05, 0) is 79.4 Å². The highest BCUT2D eigenvalue weighted by Gasteiger charge is 2.15. The number of nitrogens with one attached hydrogen (secondary N) is 1. The van der Waals surface area contributed by atoms with Gasteiger partial charge in [-0.3, -0.25) is 4.72 Å². The first-order chi connectivity index (χ1) is 12.8. The standard InChI is InChI=1S/C21H22N2O3S/c1-14-12-18(13-15(2)21(14)26-4)17-8-10-19(11-9-17)27(24,25)23-20-7-5-6-16(3)22-20/h5-13H,1-4H3,(H,22,23). The number of nitrogens with zero attached hydrogens (tertiary/aromatic N) is 1. The zero-order valence-corrected chi connectivity index (χ0v) is 16.6. The molecule has 0 bridgehead atoms. The molecule has 2 aromatic carbocycles. The van der Waals surface area contributed by atoms with Crippen molar-refractivity contribution in [2.75, 3.05) is 11.8 Å². The number of methoxy groups -OCH3 is 1. The Hall–Kier alpha value is -2.86. The number of benzene rings is 2. The van der Waals surface area contributed by atoms with Crippen LogP contribution in [-0.2, 0) is 10.0 Å². The lowest BCUT2D eigenvalue weighted by Crippen LogP contribution is -2.14. The van der Waals surface area contributed by atoms with Gasteiger partial charge in [0.25, 0.3) is 10.0 Å². The first kappa shape index (κ1) is 18.9. The van der Waals surface area contributed by atoms with E-state index in [1.54, 1.807) is 43.5 Å². The van der Waals surface area contributed by atoms with E-state index in [1.165, 1.54) is 0 Å². The van der Waals surface area contributed by atoms with E-state index in [0.29, 0.717) is 5.82 Å². The molecule has 3 aromatic rings. The second-order valence-electron chi connectivity index (χ2n) is 6.44. The molecule has 6 heteroatoms. The van der Waals surface area contributed by atoms with Crippen LogP contribution < -0.4 is 9.46 Å². The third-order valence-corrected chi connectivity index (χ3v) is 5.66. The zero-order chi connectivity index (χ0) is 19.6. The number of aromatic nitrogens is 1. The Morgan fingerprint density at radius 1 is 0.889 bits per heavy atom. The van der Waals surface area contributed by atoms with E-state index in [2.05, 4.69) is 9.71 Å². The monoisotopic (exact) mass is 382 g/mol. The van der Waals surface area contributed by atoms with E-state index in [4.69, 9.17) is 4.74 Å². The van der Waals surface area contributed by atoms with Crippen LogP contribution in [0.25, 0.3) is 11.1 Å². The van der Waals surface area contributed by atoms with Gasteiger partial charge in [0.2, 0.25) is 0 Å². The highest BCUT2D eigenvalue weighted by molar-refractivity contribution is 7.92. The number of sulfonamides is 1. The molecule has 140 valence electrons. The Bertz CT molecular complexity index is 1050. The molecule has 0 saturated carbocycles. The molecule has 27 heavy (non-hydrogen) atoms. The molecule has 3 rings (SSSR count). The minimum absolute atomic E-state index is 0.191. The van der Waals surface area contributed by atoms with Crippen molar-refractivity contribution in [1.82, 2.24) is 4.98 Å². The number of ether oxygens (including phenoxy) is 1. The molecule has 0 aliphatic rings. The predicted molar refractivity (Wildman–Crippen MR) is 108 cm³/mol. The molecule has 1 heterocycles. The zero-order valence-electron chi connectivity index (χ0n) is 15.8. The lowest BCUT2D eigenvalue weighted by atomic mass is 10.00. The Balaban J connectivity index is 1.89. The number of aryl methyl sites for hydroxylation is 3. The molecule has 0 atom stereocenters. The summed E-state index contributed by atoms with van der Waals surface area (Å²) in [5, 5.41) is 0. The first-order valence-corrected chi connectivity index (χ1v) is 10.0. The average Bonchev–Trinajstić information content (AvgIpc) is 2.61. The summed E-state index contributed by atoms with van der Waals surface area (Å²) in [4.78, 5) is 4.37. The van der Waals surface area contributed by atoms with Gasteiger partial charge < -0.3 is 4.74 Å². The number of hydrogen-bond acceptors (Lipinski definition) is 4. The molecule has 0 aliphatic heterocycles. The van der Waals surface area contributed by atoms with E-state index in [0.717, 1.165) is 33.7 Å². The topological polar surface area (TPSA) is 68.3 Å². The Morgan fingerprint density at radius 3 is 2.07 bits per heavy atom. The van der Waals surface area contributed by atoms with Gasteiger partial charge in [-0.15, -0.1) is 0 Å². The van der Waals surface area contributed by atoms with E-state index < -0.39 is 10.0 Å². The summed E-state index contributed by atoms with van der Waals surface area (Å²) in [6.45, 7) is 5.80. The first-order valence-electron chi connectivity index (χ1n) is 8.52. The SMILES string of the molecule is COc1c(C)cc(-c2ccc(S(=O)(=O)Nc3cccc(C)n3)cc2)cc1C. The van der Waals surface area contributed by atoms with Gasteiger partial charge in [-0.2, -0.15) is 0 Å². The summed E-state index contributed by atoms with van der Waals surface area (Å²) in [6.07, 6.45) is 0. The average molecular weight is 382 g/mol. The van der Waals surface area contributed by atoms with Crippen molar-refractivity contribution in [3.63, 3.8) is 0 Å². The minimum Gasteiger partial charge on any atom is -0.496 e. The molecular weight excluding hydrogens is 360 g/mol. The summed E-state index contributed by atoms with van der Waals surface area (Å²) < 4.78 is 33.1. The maximum absolute atomic E-state index is 12.6. The maximum Gasteiger partial charge on any atom is 0.263 e. The molecule has 0 aliphatic carbocycles. The number of hydrogen-bond donors (Lipinski definition) is 1. The van der Waals surface area contributed by atoms with Gasteiger partial charge in [0.05, 0.1) is 12.0 Å². The fourth-order valence-electron chi connectivity index (χ4n) is 3.06. The van der Waals surface area contributed by atoms with Crippen molar-refractivity contribution in [3.05, 3.63) is 71.4 Å². The van der Waals surface area contributed by atoms with Crippen molar-refractivity contribution in [2.24, 2.45) is 0 Å². The third kappa shape index (κ3) is 4.11. The second-order valence-corrected chi connectivity index (χ2v) is 8.12. The highest BCUT2D eigenvalue weighted by atomic mass is 32.2. The van der Waals surface area contributed by atoms with Gasteiger partial charge >= 0.3 is 0 Å². The van der Waals surface area contributed by atoms with Gasteiger partial charge in [-0.25, -0.2) is 13.4 Å². The van der Waals surface area contributed by atoms with Crippen molar-refractivity contribution in [2.45, 2.75) is 25.7 Å². The van der Waals surface area contributed by atoms with Crippen molar-refractivity contribution in [3.8, 4) is 16.9 Å². The molecule has 0 fully saturated rings. The summed E-state index contributed by atoms with van der Waals surface area (Å²) >= 11 is 0. The fraction of sp³-hybridized carbons (Fsp3) is 0.190. The van der Waals surface area contributed by atoms with Crippen LogP contribution in [0.5, 0.6) is 5.75 Å². The highest BCUT2D eigenvalue weighted by Crippen LogP contribution is 2.30. The van der Waals surface area contributed by atoms with Crippen molar-refractivity contribution in [1.29, 1.82) is 0 Å². The maximum atomic E-state index is 12.6.